The minimum atomic E-state index is -3.47. The van der Waals surface area contributed by atoms with Crippen molar-refractivity contribution in [2.75, 3.05) is 0 Å². The Hall–Kier alpha value is -2.44. The van der Waals surface area contributed by atoms with Gasteiger partial charge in [-0.25, -0.2) is 18.1 Å². The zero-order valence-corrected chi connectivity index (χ0v) is 15.0. The van der Waals surface area contributed by atoms with Crippen LogP contribution in [0.1, 0.15) is 22.8 Å². The Morgan fingerprint density at radius 3 is 2.52 bits per heavy atom. The molecular formula is C19H20N2O3S. The number of aromatic nitrogens is 1. The lowest BCUT2D eigenvalue weighted by molar-refractivity contribution is 0.463. The molecule has 0 aliphatic carbocycles. The van der Waals surface area contributed by atoms with Crippen molar-refractivity contribution in [3.63, 3.8) is 0 Å². The van der Waals surface area contributed by atoms with Gasteiger partial charge in [0.25, 0.3) is 0 Å². The molecule has 1 N–H and O–H groups in total. The summed E-state index contributed by atoms with van der Waals surface area (Å²) in [4.78, 5) is 4.41. The molecule has 1 heterocycles. The Bertz CT molecular complexity index is 963. The van der Waals surface area contributed by atoms with Gasteiger partial charge in [-0.3, -0.25) is 0 Å². The van der Waals surface area contributed by atoms with Crippen LogP contribution in [0, 0.1) is 13.8 Å². The molecule has 0 aliphatic rings. The molecule has 6 heteroatoms. The number of hydrogen-bond acceptors (Lipinski definition) is 4. The first-order valence-electron chi connectivity index (χ1n) is 7.97. The normalized spacial score (nSPS) is 11.6. The highest BCUT2D eigenvalue weighted by molar-refractivity contribution is 7.88. The fourth-order valence-corrected chi connectivity index (χ4v) is 3.70. The van der Waals surface area contributed by atoms with Gasteiger partial charge in [-0.15, -0.1) is 0 Å². The Kier molecular flexibility index (Phi) is 5.01. The van der Waals surface area contributed by atoms with Crippen LogP contribution in [-0.2, 0) is 22.3 Å². The van der Waals surface area contributed by atoms with Gasteiger partial charge in [0.2, 0.25) is 15.9 Å². The molecule has 3 rings (SSSR count). The van der Waals surface area contributed by atoms with Crippen molar-refractivity contribution in [3.05, 3.63) is 77.4 Å². The Morgan fingerprint density at radius 2 is 1.80 bits per heavy atom. The average molecular weight is 356 g/mol. The third-order valence-electron chi connectivity index (χ3n) is 3.77. The molecule has 0 fully saturated rings. The van der Waals surface area contributed by atoms with E-state index < -0.39 is 10.0 Å². The molecule has 0 saturated carbocycles. The van der Waals surface area contributed by atoms with Crippen molar-refractivity contribution in [1.29, 1.82) is 0 Å². The number of nitrogens with one attached hydrogen (secondary N) is 1. The van der Waals surface area contributed by atoms with Crippen LogP contribution in [0.2, 0.25) is 0 Å². The summed E-state index contributed by atoms with van der Waals surface area (Å²) in [6.07, 6.45) is 0. The summed E-state index contributed by atoms with van der Waals surface area (Å²) in [5.41, 5.74) is 3.45. The van der Waals surface area contributed by atoms with Gasteiger partial charge in [-0.1, -0.05) is 60.2 Å². The predicted octanol–water partition coefficient (Wildman–Crippen LogP) is 3.58. The maximum Gasteiger partial charge on any atom is 0.216 e. The second-order valence-electron chi connectivity index (χ2n) is 5.95. The van der Waals surface area contributed by atoms with E-state index in [-0.39, 0.29) is 12.3 Å². The maximum absolute atomic E-state index is 12.3. The van der Waals surface area contributed by atoms with Crippen molar-refractivity contribution in [2.45, 2.75) is 26.1 Å². The number of benzene rings is 2. The highest BCUT2D eigenvalue weighted by atomic mass is 32.2. The van der Waals surface area contributed by atoms with E-state index >= 15 is 0 Å². The van der Waals surface area contributed by atoms with Gasteiger partial charge >= 0.3 is 0 Å². The fraction of sp³-hybridized carbons (Fsp3) is 0.211. The smallest absolute Gasteiger partial charge is 0.216 e. The minimum absolute atomic E-state index is 0.0296. The first kappa shape index (κ1) is 17.4. The van der Waals surface area contributed by atoms with Gasteiger partial charge in [-0.2, -0.15) is 0 Å². The molecule has 3 aromatic rings. The third kappa shape index (κ3) is 4.55. The number of aryl methyl sites for hydroxylation is 2. The molecule has 1 aromatic heterocycles. The third-order valence-corrected chi connectivity index (χ3v) is 5.07. The first-order valence-corrected chi connectivity index (χ1v) is 9.63. The van der Waals surface area contributed by atoms with Gasteiger partial charge in [0, 0.05) is 5.56 Å². The maximum atomic E-state index is 12.3. The van der Waals surface area contributed by atoms with Crippen LogP contribution in [0.25, 0.3) is 11.3 Å². The summed E-state index contributed by atoms with van der Waals surface area (Å²) in [6, 6.07) is 17.1. The number of oxazole rings is 1. The molecule has 2 aromatic carbocycles. The van der Waals surface area contributed by atoms with Crippen LogP contribution in [-0.4, -0.2) is 13.4 Å². The van der Waals surface area contributed by atoms with Crippen LogP contribution in [0.4, 0.5) is 0 Å². The number of sulfonamides is 1. The van der Waals surface area contributed by atoms with Gasteiger partial charge < -0.3 is 4.42 Å². The lowest BCUT2D eigenvalue weighted by atomic mass is 10.1. The lowest BCUT2D eigenvalue weighted by Crippen LogP contribution is -2.24. The van der Waals surface area contributed by atoms with E-state index in [0.29, 0.717) is 11.7 Å². The van der Waals surface area contributed by atoms with Crippen LogP contribution in [0.15, 0.2) is 59.0 Å². The van der Waals surface area contributed by atoms with E-state index in [2.05, 4.69) is 9.71 Å². The molecule has 0 spiro atoms. The predicted molar refractivity (Wildman–Crippen MR) is 97.3 cm³/mol. The number of rotatable bonds is 6. The highest BCUT2D eigenvalue weighted by Crippen LogP contribution is 2.23. The molecule has 0 radical (unpaired) electrons. The topological polar surface area (TPSA) is 72.2 Å². The van der Waals surface area contributed by atoms with Crippen molar-refractivity contribution in [2.24, 2.45) is 0 Å². The standard InChI is InChI=1S/C19H20N2O3S/c1-14-7-6-8-16(11-14)13-25(22,23)20-12-18-21-19(15(2)24-18)17-9-4-3-5-10-17/h3-11,20H,12-13H2,1-2H3. The van der Waals surface area contributed by atoms with Gasteiger partial charge in [0.1, 0.15) is 11.5 Å². The summed E-state index contributed by atoms with van der Waals surface area (Å²) >= 11 is 0. The van der Waals surface area contributed by atoms with E-state index in [1.54, 1.807) is 6.07 Å². The molecule has 130 valence electrons. The SMILES string of the molecule is Cc1cccc(CS(=O)(=O)NCc2nc(-c3ccccc3)c(C)o2)c1. The summed E-state index contributed by atoms with van der Waals surface area (Å²) in [7, 11) is -3.47. The highest BCUT2D eigenvalue weighted by Gasteiger charge is 2.15. The summed E-state index contributed by atoms with van der Waals surface area (Å²) < 4.78 is 32.7. The summed E-state index contributed by atoms with van der Waals surface area (Å²) in [5.74, 6) is 0.947. The van der Waals surface area contributed by atoms with Gasteiger partial charge in [0.05, 0.1) is 12.3 Å². The Labute approximate surface area is 147 Å². The van der Waals surface area contributed by atoms with E-state index in [1.807, 2.05) is 62.4 Å². The molecular weight excluding hydrogens is 336 g/mol. The zero-order chi connectivity index (χ0) is 17.9. The molecule has 0 aliphatic heterocycles. The summed E-state index contributed by atoms with van der Waals surface area (Å²) in [5, 5.41) is 0. The zero-order valence-electron chi connectivity index (χ0n) is 14.2. The van der Waals surface area contributed by atoms with Crippen molar-refractivity contribution in [1.82, 2.24) is 9.71 Å². The Morgan fingerprint density at radius 1 is 1.04 bits per heavy atom. The van der Waals surface area contributed by atoms with E-state index in [0.717, 1.165) is 22.4 Å². The number of hydrogen-bond donors (Lipinski definition) is 1. The van der Waals surface area contributed by atoms with Gasteiger partial charge in [-0.05, 0) is 19.4 Å². The van der Waals surface area contributed by atoms with Crippen molar-refractivity contribution >= 4 is 10.0 Å². The fourth-order valence-electron chi connectivity index (χ4n) is 2.63. The molecule has 0 bridgehead atoms. The quantitative estimate of drug-likeness (QED) is 0.733. The van der Waals surface area contributed by atoms with E-state index in [4.69, 9.17) is 4.42 Å². The van der Waals surface area contributed by atoms with E-state index in [1.165, 1.54) is 0 Å². The molecule has 0 unspecified atom stereocenters. The molecule has 0 atom stereocenters. The largest absolute Gasteiger partial charge is 0.444 e. The van der Waals surface area contributed by atoms with Crippen LogP contribution >= 0.6 is 0 Å². The van der Waals surface area contributed by atoms with Gasteiger partial charge in [0.15, 0.2) is 0 Å². The minimum Gasteiger partial charge on any atom is -0.444 e. The van der Waals surface area contributed by atoms with Crippen molar-refractivity contribution in [3.8, 4) is 11.3 Å². The molecule has 25 heavy (non-hydrogen) atoms. The second-order valence-corrected chi connectivity index (χ2v) is 7.75. The van der Waals surface area contributed by atoms with Crippen LogP contribution in [0.3, 0.4) is 0 Å². The lowest BCUT2D eigenvalue weighted by Gasteiger charge is -2.05. The number of nitrogens with zero attached hydrogens (tertiary/aromatic N) is 1. The monoisotopic (exact) mass is 356 g/mol. The molecule has 0 saturated heterocycles. The van der Waals surface area contributed by atoms with E-state index in [9.17, 15) is 8.42 Å². The second kappa shape index (κ2) is 7.21. The van der Waals surface area contributed by atoms with Crippen LogP contribution in [0.5, 0.6) is 0 Å². The van der Waals surface area contributed by atoms with Crippen LogP contribution < -0.4 is 4.72 Å². The molecule has 0 amide bonds. The Balaban J connectivity index is 1.69. The molecule has 5 nitrogen and oxygen atoms in total. The first-order chi connectivity index (χ1) is 11.9. The average Bonchev–Trinajstić information content (AvgIpc) is 2.95. The van der Waals surface area contributed by atoms with Crippen molar-refractivity contribution < 1.29 is 12.8 Å². The summed E-state index contributed by atoms with van der Waals surface area (Å²) in [6.45, 7) is 3.78.